The van der Waals surface area contributed by atoms with Gasteiger partial charge in [0.15, 0.2) is 0 Å². The van der Waals surface area contributed by atoms with Crippen molar-refractivity contribution in [1.29, 1.82) is 0 Å². The Morgan fingerprint density at radius 2 is 1.38 bits per heavy atom. The first-order chi connectivity index (χ1) is 5.77. The van der Waals surface area contributed by atoms with Crippen LogP contribution in [0.15, 0.2) is 0 Å². The Bertz CT molecular complexity index is 169. The maximum atomic E-state index is 3.48. The SMILES string of the molecule is CN(C)N1C(C)(C)CNCC1(C)C. The molecule has 1 fully saturated rings. The molecule has 1 saturated heterocycles. The van der Waals surface area contributed by atoms with Crippen LogP contribution >= 0.6 is 0 Å². The molecule has 0 atom stereocenters. The van der Waals surface area contributed by atoms with Crippen molar-refractivity contribution in [2.45, 2.75) is 38.8 Å². The second-order valence-electron chi connectivity index (χ2n) is 5.39. The van der Waals surface area contributed by atoms with E-state index in [2.05, 4.69) is 57.1 Å². The van der Waals surface area contributed by atoms with Crippen molar-refractivity contribution in [3.8, 4) is 0 Å². The molecule has 0 saturated carbocycles. The van der Waals surface area contributed by atoms with Crippen LogP contribution in [-0.2, 0) is 0 Å². The third-order valence-corrected chi connectivity index (χ3v) is 2.66. The van der Waals surface area contributed by atoms with Gasteiger partial charge >= 0.3 is 0 Å². The molecule has 0 unspecified atom stereocenters. The molecule has 3 nitrogen and oxygen atoms in total. The van der Waals surface area contributed by atoms with E-state index in [9.17, 15) is 0 Å². The first-order valence-corrected chi connectivity index (χ1v) is 4.96. The summed E-state index contributed by atoms with van der Waals surface area (Å²) in [6, 6.07) is 0. The Morgan fingerprint density at radius 3 is 1.62 bits per heavy atom. The first kappa shape index (κ1) is 11.0. The van der Waals surface area contributed by atoms with Crippen LogP contribution in [-0.4, -0.2) is 48.3 Å². The zero-order valence-electron chi connectivity index (χ0n) is 9.81. The number of rotatable bonds is 1. The summed E-state index contributed by atoms with van der Waals surface area (Å²) in [4.78, 5) is 0. The molecule has 0 radical (unpaired) electrons. The molecule has 0 spiro atoms. The van der Waals surface area contributed by atoms with E-state index in [1.807, 2.05) is 0 Å². The first-order valence-electron chi connectivity index (χ1n) is 4.96. The van der Waals surface area contributed by atoms with Gasteiger partial charge in [-0.2, -0.15) is 0 Å². The lowest BCUT2D eigenvalue weighted by atomic mass is 9.91. The largest absolute Gasteiger partial charge is 0.313 e. The molecule has 0 bridgehead atoms. The van der Waals surface area contributed by atoms with Crippen molar-refractivity contribution < 1.29 is 0 Å². The number of nitrogens with one attached hydrogen (secondary N) is 1. The summed E-state index contributed by atoms with van der Waals surface area (Å²) in [5.41, 5.74) is 0.399. The molecule has 0 aromatic heterocycles. The van der Waals surface area contributed by atoms with Crippen molar-refractivity contribution in [1.82, 2.24) is 15.3 Å². The predicted octanol–water partition coefficient (Wildman–Crippen LogP) is 0.925. The zero-order chi connectivity index (χ0) is 10.3. The maximum absolute atomic E-state index is 3.48. The Hall–Kier alpha value is -0.120. The fraction of sp³-hybridized carbons (Fsp3) is 1.00. The van der Waals surface area contributed by atoms with Crippen LogP contribution in [0.2, 0.25) is 0 Å². The van der Waals surface area contributed by atoms with E-state index in [4.69, 9.17) is 0 Å². The minimum absolute atomic E-state index is 0.200. The summed E-state index contributed by atoms with van der Waals surface area (Å²) in [7, 11) is 4.24. The van der Waals surface area contributed by atoms with Crippen LogP contribution < -0.4 is 5.32 Å². The fourth-order valence-electron chi connectivity index (χ4n) is 2.73. The Balaban J connectivity index is 2.91. The van der Waals surface area contributed by atoms with Crippen LogP contribution in [0.1, 0.15) is 27.7 Å². The van der Waals surface area contributed by atoms with Gasteiger partial charge in [0.2, 0.25) is 0 Å². The van der Waals surface area contributed by atoms with Gasteiger partial charge in [0.1, 0.15) is 0 Å². The number of nitrogens with zero attached hydrogens (tertiary/aromatic N) is 2. The van der Waals surface area contributed by atoms with Gasteiger partial charge in [-0.3, -0.25) is 0 Å². The molecule has 1 heterocycles. The third kappa shape index (κ3) is 2.03. The summed E-state index contributed by atoms with van der Waals surface area (Å²) >= 11 is 0. The van der Waals surface area contributed by atoms with E-state index in [-0.39, 0.29) is 11.1 Å². The van der Waals surface area contributed by atoms with Crippen molar-refractivity contribution in [3.05, 3.63) is 0 Å². The lowest BCUT2D eigenvalue weighted by Gasteiger charge is -2.55. The Kier molecular flexibility index (Phi) is 2.72. The van der Waals surface area contributed by atoms with Gasteiger partial charge in [0.25, 0.3) is 0 Å². The second kappa shape index (κ2) is 3.23. The number of piperazine rings is 1. The van der Waals surface area contributed by atoms with Crippen LogP contribution in [0.4, 0.5) is 0 Å². The molecular formula is C10H23N3. The highest BCUT2D eigenvalue weighted by molar-refractivity contribution is 4.97. The Morgan fingerprint density at radius 1 is 1.00 bits per heavy atom. The van der Waals surface area contributed by atoms with Gasteiger partial charge in [-0.1, -0.05) is 0 Å². The fourth-order valence-corrected chi connectivity index (χ4v) is 2.73. The van der Waals surface area contributed by atoms with Crippen LogP contribution in [0, 0.1) is 0 Å². The number of hydrazine groups is 1. The number of hydrogen-bond donors (Lipinski definition) is 1. The van der Waals surface area contributed by atoms with Crippen molar-refractivity contribution in [2.75, 3.05) is 27.2 Å². The average molecular weight is 185 g/mol. The standard InChI is InChI=1S/C10H23N3/c1-9(2)7-11-8-10(3,4)13(9)12(5)6/h11H,7-8H2,1-6H3. The summed E-state index contributed by atoms with van der Waals surface area (Å²) in [6.45, 7) is 11.2. The summed E-state index contributed by atoms with van der Waals surface area (Å²) < 4.78 is 0. The van der Waals surface area contributed by atoms with Gasteiger partial charge in [-0.25, -0.2) is 10.0 Å². The summed E-state index contributed by atoms with van der Waals surface area (Å²) in [6.07, 6.45) is 0. The second-order valence-corrected chi connectivity index (χ2v) is 5.39. The average Bonchev–Trinajstić information content (AvgIpc) is 1.79. The van der Waals surface area contributed by atoms with Gasteiger partial charge in [0, 0.05) is 38.3 Å². The summed E-state index contributed by atoms with van der Waals surface area (Å²) in [5, 5.41) is 8.15. The summed E-state index contributed by atoms with van der Waals surface area (Å²) in [5.74, 6) is 0. The molecule has 1 aliphatic rings. The molecule has 1 rings (SSSR count). The molecule has 1 aliphatic heterocycles. The molecule has 78 valence electrons. The molecule has 0 aromatic rings. The normalized spacial score (nSPS) is 27.9. The van der Waals surface area contributed by atoms with Crippen LogP contribution in [0.25, 0.3) is 0 Å². The highest BCUT2D eigenvalue weighted by Crippen LogP contribution is 2.28. The van der Waals surface area contributed by atoms with Gasteiger partial charge in [-0.05, 0) is 27.7 Å². The van der Waals surface area contributed by atoms with E-state index in [1.165, 1.54) is 0 Å². The van der Waals surface area contributed by atoms with Crippen molar-refractivity contribution in [3.63, 3.8) is 0 Å². The minimum atomic E-state index is 0.200. The molecule has 3 heteroatoms. The van der Waals surface area contributed by atoms with E-state index in [1.54, 1.807) is 0 Å². The molecule has 13 heavy (non-hydrogen) atoms. The van der Waals surface area contributed by atoms with Crippen LogP contribution in [0.3, 0.4) is 0 Å². The minimum Gasteiger partial charge on any atom is -0.313 e. The molecule has 0 amide bonds. The zero-order valence-corrected chi connectivity index (χ0v) is 9.81. The highest BCUT2D eigenvalue weighted by Gasteiger charge is 2.42. The topological polar surface area (TPSA) is 18.5 Å². The van der Waals surface area contributed by atoms with E-state index in [0.29, 0.717) is 0 Å². The molecule has 0 aliphatic carbocycles. The van der Waals surface area contributed by atoms with Gasteiger partial charge in [-0.15, -0.1) is 0 Å². The lowest BCUT2D eigenvalue weighted by molar-refractivity contribution is -0.149. The quantitative estimate of drug-likeness (QED) is 0.655. The monoisotopic (exact) mass is 185 g/mol. The van der Waals surface area contributed by atoms with Crippen molar-refractivity contribution in [2.24, 2.45) is 0 Å². The van der Waals surface area contributed by atoms with Gasteiger partial charge in [0.05, 0.1) is 0 Å². The van der Waals surface area contributed by atoms with Crippen LogP contribution in [0.5, 0.6) is 0 Å². The number of hydrogen-bond acceptors (Lipinski definition) is 3. The van der Waals surface area contributed by atoms with E-state index >= 15 is 0 Å². The molecular weight excluding hydrogens is 162 g/mol. The highest BCUT2D eigenvalue weighted by atomic mass is 15.7. The lowest BCUT2D eigenvalue weighted by Crippen LogP contribution is -2.71. The molecule has 1 N–H and O–H groups in total. The Labute approximate surface area is 82.1 Å². The molecule has 0 aromatic carbocycles. The van der Waals surface area contributed by atoms with Crippen molar-refractivity contribution >= 4 is 0 Å². The predicted molar refractivity (Wildman–Crippen MR) is 56.6 cm³/mol. The smallest absolute Gasteiger partial charge is 0.0430 e. The van der Waals surface area contributed by atoms with E-state index in [0.717, 1.165) is 13.1 Å². The van der Waals surface area contributed by atoms with Gasteiger partial charge < -0.3 is 5.32 Å². The van der Waals surface area contributed by atoms with E-state index < -0.39 is 0 Å². The maximum Gasteiger partial charge on any atom is 0.0430 e. The third-order valence-electron chi connectivity index (χ3n) is 2.66.